The highest BCUT2D eigenvalue weighted by Gasteiger charge is 2.11. The van der Waals surface area contributed by atoms with Gasteiger partial charge in [-0.25, -0.2) is 8.42 Å². The third kappa shape index (κ3) is 6.25. The topological polar surface area (TPSA) is 112 Å². The molecule has 2 aromatic carbocycles. The number of amides is 1. The van der Waals surface area contributed by atoms with Gasteiger partial charge in [-0.3, -0.25) is 9.78 Å². The zero-order chi connectivity index (χ0) is 22.6. The normalized spacial score (nSPS) is 11.1. The number of nitrogens with zero attached hydrogens (tertiary/aromatic N) is 3. The molecule has 0 unspecified atom stereocenters. The van der Waals surface area contributed by atoms with E-state index in [4.69, 9.17) is 4.74 Å². The zero-order valence-corrected chi connectivity index (χ0v) is 19.5. The second-order valence-corrected chi connectivity index (χ2v) is 9.23. The van der Waals surface area contributed by atoms with Crippen molar-refractivity contribution in [3.63, 3.8) is 0 Å². The third-order valence-electron chi connectivity index (χ3n) is 4.05. The molecule has 10 heteroatoms. The molecule has 3 rings (SSSR count). The van der Waals surface area contributed by atoms with Crippen LogP contribution < -0.4 is 10.1 Å². The number of ether oxygens (including phenoxy) is 1. The van der Waals surface area contributed by atoms with Crippen LogP contribution in [0, 0.1) is 20.8 Å². The molecule has 1 amide bonds. The highest BCUT2D eigenvalue weighted by atomic mass is 79.9. The SMILES string of the molecule is Cc1ccc(OCC(=O)Nc2ccc(S(=O)(=O)[N-]c3cc(C)nc(C)n3)cc2)c(Br)c1. The molecule has 0 aliphatic carbocycles. The minimum atomic E-state index is -3.95. The molecule has 0 saturated heterocycles. The first-order valence-corrected chi connectivity index (χ1v) is 11.4. The summed E-state index contributed by atoms with van der Waals surface area (Å²) >= 11 is 3.39. The number of carbonyl (C=O) groups is 1. The predicted octanol–water partition coefficient (Wildman–Crippen LogP) is 4.58. The molecule has 0 fully saturated rings. The van der Waals surface area contributed by atoms with Gasteiger partial charge >= 0.3 is 0 Å². The van der Waals surface area contributed by atoms with E-state index in [1.54, 1.807) is 19.9 Å². The fourth-order valence-corrected chi connectivity index (χ4v) is 4.23. The van der Waals surface area contributed by atoms with Crippen LogP contribution in [0.25, 0.3) is 4.72 Å². The van der Waals surface area contributed by atoms with Crippen LogP contribution in [0.1, 0.15) is 17.1 Å². The maximum absolute atomic E-state index is 12.5. The molecule has 0 atom stereocenters. The summed E-state index contributed by atoms with van der Waals surface area (Å²) in [6.45, 7) is 5.16. The van der Waals surface area contributed by atoms with Crippen molar-refractivity contribution >= 4 is 43.4 Å². The fourth-order valence-electron chi connectivity index (χ4n) is 2.69. The molecule has 0 spiro atoms. The number of nitrogens with one attached hydrogen (secondary N) is 1. The van der Waals surface area contributed by atoms with Gasteiger partial charge in [0.1, 0.15) is 5.75 Å². The van der Waals surface area contributed by atoms with E-state index < -0.39 is 10.0 Å². The van der Waals surface area contributed by atoms with Crippen LogP contribution in [0.4, 0.5) is 11.5 Å². The average Bonchev–Trinajstić information content (AvgIpc) is 2.66. The first-order valence-electron chi connectivity index (χ1n) is 9.21. The summed E-state index contributed by atoms with van der Waals surface area (Å²) < 4.78 is 35.1. The molecule has 1 heterocycles. The summed E-state index contributed by atoms with van der Waals surface area (Å²) in [6, 6.07) is 12.7. The number of aryl methyl sites for hydroxylation is 3. The maximum Gasteiger partial charge on any atom is 0.262 e. The number of anilines is 1. The zero-order valence-electron chi connectivity index (χ0n) is 17.1. The minimum Gasteiger partial charge on any atom is -0.483 e. The van der Waals surface area contributed by atoms with Gasteiger partial charge in [0.15, 0.2) is 6.61 Å². The lowest BCUT2D eigenvalue weighted by atomic mass is 10.2. The largest absolute Gasteiger partial charge is 0.483 e. The van der Waals surface area contributed by atoms with E-state index in [1.165, 1.54) is 30.3 Å². The van der Waals surface area contributed by atoms with Crippen molar-refractivity contribution in [2.45, 2.75) is 25.7 Å². The molecular weight excluding hydrogens is 484 g/mol. The molecule has 0 saturated carbocycles. The van der Waals surface area contributed by atoms with Gasteiger partial charge in [0.2, 0.25) is 10.0 Å². The quantitative estimate of drug-likeness (QED) is 0.504. The molecule has 0 aliphatic rings. The van der Waals surface area contributed by atoms with Crippen LogP contribution in [0.15, 0.2) is 57.9 Å². The number of sulfonamides is 1. The van der Waals surface area contributed by atoms with Crippen LogP contribution in [-0.4, -0.2) is 30.9 Å². The molecule has 1 aromatic heterocycles. The molecule has 162 valence electrons. The van der Waals surface area contributed by atoms with Crippen molar-refractivity contribution in [3.8, 4) is 5.75 Å². The summed E-state index contributed by atoms with van der Waals surface area (Å²) in [5.74, 6) is 0.687. The van der Waals surface area contributed by atoms with Crippen molar-refractivity contribution in [3.05, 3.63) is 74.8 Å². The van der Waals surface area contributed by atoms with Crippen LogP contribution in [-0.2, 0) is 14.8 Å². The molecule has 8 nitrogen and oxygen atoms in total. The average molecular weight is 504 g/mol. The predicted molar refractivity (Wildman–Crippen MR) is 121 cm³/mol. The van der Waals surface area contributed by atoms with Gasteiger partial charge in [0.05, 0.1) is 9.37 Å². The first kappa shape index (κ1) is 22.7. The van der Waals surface area contributed by atoms with Gasteiger partial charge in [-0.05, 0) is 90.5 Å². The summed E-state index contributed by atoms with van der Waals surface area (Å²) in [5, 5.41) is 2.66. The Kier molecular flexibility index (Phi) is 6.91. The van der Waals surface area contributed by atoms with E-state index in [0.717, 1.165) is 10.0 Å². The first-order chi connectivity index (χ1) is 14.6. The monoisotopic (exact) mass is 503 g/mol. The smallest absolute Gasteiger partial charge is 0.262 e. The van der Waals surface area contributed by atoms with E-state index in [2.05, 4.69) is 35.9 Å². The lowest BCUT2D eigenvalue weighted by Gasteiger charge is -2.17. The highest BCUT2D eigenvalue weighted by Crippen LogP contribution is 2.28. The fraction of sp³-hybridized carbons (Fsp3) is 0.190. The van der Waals surface area contributed by atoms with Gasteiger partial charge in [-0.1, -0.05) is 6.07 Å². The highest BCUT2D eigenvalue weighted by molar-refractivity contribution is 9.10. The Bertz CT molecular complexity index is 1190. The van der Waals surface area contributed by atoms with Crippen LogP contribution in [0.3, 0.4) is 0 Å². The lowest BCUT2D eigenvalue weighted by Crippen LogP contribution is -2.20. The Morgan fingerprint density at radius 1 is 1.06 bits per heavy atom. The molecule has 3 aromatic rings. The van der Waals surface area contributed by atoms with E-state index >= 15 is 0 Å². The van der Waals surface area contributed by atoms with E-state index in [0.29, 0.717) is 23.0 Å². The number of hydrogen-bond acceptors (Lipinski definition) is 6. The minimum absolute atomic E-state index is 0.0146. The second kappa shape index (κ2) is 9.44. The van der Waals surface area contributed by atoms with Crippen molar-refractivity contribution in [1.29, 1.82) is 0 Å². The van der Waals surface area contributed by atoms with Crippen molar-refractivity contribution in [2.24, 2.45) is 0 Å². The standard InChI is InChI=1S/C21H21BrN4O4S/c1-13-4-9-19(18(22)10-13)30-12-21(27)25-16-5-7-17(8-6-16)31(28,29)26-20-11-14(2)23-15(3)24-20/h4-11H,12H2,1-3H3,(H2,23,24,25,26,27)/p-1. The molecule has 1 N–H and O–H groups in total. The van der Waals surface area contributed by atoms with E-state index in [9.17, 15) is 13.2 Å². The van der Waals surface area contributed by atoms with Gasteiger partial charge in [0, 0.05) is 17.2 Å². The number of hydrogen-bond donors (Lipinski definition) is 1. The van der Waals surface area contributed by atoms with Gasteiger partial charge in [-0.15, -0.1) is 0 Å². The lowest BCUT2D eigenvalue weighted by molar-refractivity contribution is -0.118. The Labute approximate surface area is 189 Å². The molecule has 31 heavy (non-hydrogen) atoms. The molecular formula is C21H20BrN4O4S-. The van der Waals surface area contributed by atoms with Crippen LogP contribution >= 0.6 is 15.9 Å². The number of aromatic nitrogens is 2. The van der Waals surface area contributed by atoms with Gasteiger partial charge in [-0.2, -0.15) is 0 Å². The molecule has 0 radical (unpaired) electrons. The Hall–Kier alpha value is -2.98. The van der Waals surface area contributed by atoms with Crippen LogP contribution in [0.5, 0.6) is 5.75 Å². The van der Waals surface area contributed by atoms with Crippen molar-refractivity contribution < 1.29 is 17.9 Å². The summed E-state index contributed by atoms with van der Waals surface area (Å²) in [5.41, 5.74) is 2.12. The second-order valence-electron chi connectivity index (χ2n) is 6.78. The summed E-state index contributed by atoms with van der Waals surface area (Å²) in [6.07, 6.45) is 0. The summed E-state index contributed by atoms with van der Waals surface area (Å²) in [4.78, 5) is 20.3. The van der Waals surface area contributed by atoms with Gasteiger partial charge in [0.25, 0.3) is 5.91 Å². The molecule has 0 aliphatic heterocycles. The van der Waals surface area contributed by atoms with Gasteiger partial charge < -0.3 is 19.8 Å². The number of halogens is 1. The third-order valence-corrected chi connectivity index (χ3v) is 5.96. The van der Waals surface area contributed by atoms with Crippen molar-refractivity contribution in [2.75, 3.05) is 11.9 Å². The van der Waals surface area contributed by atoms with Crippen molar-refractivity contribution in [1.82, 2.24) is 9.97 Å². The van der Waals surface area contributed by atoms with E-state index in [1.807, 2.05) is 19.1 Å². The summed E-state index contributed by atoms with van der Waals surface area (Å²) in [7, 11) is -3.95. The number of benzene rings is 2. The number of rotatable bonds is 7. The Morgan fingerprint density at radius 2 is 1.77 bits per heavy atom. The maximum atomic E-state index is 12.5. The van der Waals surface area contributed by atoms with E-state index in [-0.39, 0.29) is 23.2 Å². The molecule has 0 bridgehead atoms. The Morgan fingerprint density at radius 3 is 2.42 bits per heavy atom. The number of carbonyl (C=O) groups excluding carboxylic acids is 1. The Balaban J connectivity index is 1.61. The van der Waals surface area contributed by atoms with Crippen LogP contribution in [0.2, 0.25) is 0 Å².